The summed E-state index contributed by atoms with van der Waals surface area (Å²) in [5.74, 6) is 0. The van der Waals surface area contributed by atoms with Crippen molar-refractivity contribution >= 4 is 8.96 Å². The molecule has 0 bridgehead atoms. The van der Waals surface area contributed by atoms with Gasteiger partial charge in [-0.05, 0) is 27.2 Å². The van der Waals surface area contributed by atoms with Crippen molar-refractivity contribution in [3.8, 4) is 11.1 Å². The molecule has 0 heterocycles. The van der Waals surface area contributed by atoms with E-state index in [2.05, 4.69) is 81.3 Å². The van der Waals surface area contributed by atoms with Crippen LogP contribution in [0.4, 0.5) is 0 Å². The summed E-state index contributed by atoms with van der Waals surface area (Å²) in [5, 5.41) is 0. The second-order valence-electron chi connectivity index (χ2n) is 6.95. The molecule has 0 aromatic heterocycles. The fraction of sp³-hybridized carbons (Fsp3) is 0.368. The molecule has 1 radical (unpaired) electrons. The van der Waals surface area contributed by atoms with Crippen molar-refractivity contribution < 1.29 is 46.5 Å². The third-order valence-electron chi connectivity index (χ3n) is 3.34. The Morgan fingerprint density at radius 2 is 1.54 bits per heavy atom. The molecule has 0 saturated carbocycles. The fourth-order valence-electron chi connectivity index (χ4n) is 2.86. The van der Waals surface area contributed by atoms with Gasteiger partial charge in [0.2, 0.25) is 0 Å². The van der Waals surface area contributed by atoms with Gasteiger partial charge in [-0.25, -0.2) is 0 Å². The second kappa shape index (κ2) is 11.5. The maximum absolute atomic E-state index is 3.52. The van der Waals surface area contributed by atoms with Gasteiger partial charge < -0.3 is 29.8 Å². The van der Waals surface area contributed by atoms with Gasteiger partial charge in [-0.1, -0.05) is 48.5 Å². The van der Waals surface area contributed by atoms with E-state index in [4.69, 9.17) is 0 Å². The minimum Gasteiger partial charge on any atom is -1.00 e. The maximum atomic E-state index is 3.52. The van der Waals surface area contributed by atoms with Crippen molar-refractivity contribution in [2.24, 2.45) is 0 Å². The molecule has 1 aliphatic rings. The van der Waals surface area contributed by atoms with Crippen molar-refractivity contribution in [2.75, 3.05) is 0 Å². The van der Waals surface area contributed by atoms with Crippen molar-refractivity contribution in [3.63, 3.8) is 0 Å². The Labute approximate surface area is 176 Å². The van der Waals surface area contributed by atoms with E-state index in [-0.39, 0.29) is 46.5 Å². The van der Waals surface area contributed by atoms with Crippen molar-refractivity contribution in [1.82, 2.24) is 4.98 Å². The first-order chi connectivity index (χ1) is 9.87. The van der Waals surface area contributed by atoms with Crippen molar-refractivity contribution in [2.45, 2.75) is 45.8 Å². The molecule has 2 aromatic carbocycles. The Kier molecular flexibility index (Phi) is 12.5. The van der Waals surface area contributed by atoms with Gasteiger partial charge >= 0.3 is 21.7 Å². The summed E-state index contributed by atoms with van der Waals surface area (Å²) >= 11 is 0. The van der Waals surface area contributed by atoms with Crippen LogP contribution in [-0.2, 0) is 28.1 Å². The van der Waals surface area contributed by atoms with Crippen molar-refractivity contribution in [1.29, 1.82) is 0 Å². The molecule has 24 heavy (non-hydrogen) atoms. The van der Waals surface area contributed by atoms with E-state index in [1.807, 2.05) is 6.07 Å². The number of fused-ring (bicyclic) bond motifs is 3. The summed E-state index contributed by atoms with van der Waals surface area (Å²) in [4.78, 5) is 3.52. The van der Waals surface area contributed by atoms with Crippen LogP contribution in [0.3, 0.4) is 0 Å². The summed E-state index contributed by atoms with van der Waals surface area (Å²) in [6.07, 6.45) is 1.05. The Morgan fingerprint density at radius 1 is 0.958 bits per heavy atom. The molecule has 5 heteroatoms. The Bertz CT molecular complexity index is 569. The predicted molar refractivity (Wildman–Crippen MR) is 95.3 cm³/mol. The van der Waals surface area contributed by atoms with Gasteiger partial charge in [-0.3, -0.25) is 0 Å². The normalized spacial score (nSPS) is 10.9. The van der Waals surface area contributed by atoms with Crippen LogP contribution in [0, 0.1) is 6.07 Å². The molecule has 0 saturated heterocycles. The molecule has 1 aliphatic carbocycles. The molecule has 0 atom stereocenters. The quantitative estimate of drug-likeness (QED) is 0.374. The van der Waals surface area contributed by atoms with Gasteiger partial charge in [0.1, 0.15) is 8.96 Å². The van der Waals surface area contributed by atoms with Crippen LogP contribution in [0.1, 0.15) is 31.9 Å². The SMILES string of the molecule is C[SiH](C)NC(C)(C)C.[Cl-].[Cl-].[Ti+3].[c-]1cccc2c1Cc1ccccc1-2. The minimum absolute atomic E-state index is 0. The van der Waals surface area contributed by atoms with E-state index >= 15 is 0 Å². The van der Waals surface area contributed by atoms with Gasteiger partial charge in [0.05, 0.1) is 0 Å². The first kappa shape index (κ1) is 26.1. The van der Waals surface area contributed by atoms with E-state index in [1.54, 1.807) is 0 Å². The summed E-state index contributed by atoms with van der Waals surface area (Å²) in [6.45, 7) is 11.2. The Morgan fingerprint density at radius 3 is 2.08 bits per heavy atom. The third kappa shape index (κ3) is 7.86. The smallest absolute Gasteiger partial charge is 1.00 e. The fourth-order valence-corrected chi connectivity index (χ4v) is 4.60. The molecular weight excluding hydrogens is 389 g/mol. The molecule has 0 amide bonds. The molecule has 3 rings (SSSR count). The molecule has 1 N–H and O–H groups in total. The molecule has 0 unspecified atom stereocenters. The van der Waals surface area contributed by atoms with Gasteiger partial charge in [0.25, 0.3) is 0 Å². The van der Waals surface area contributed by atoms with Crippen molar-refractivity contribution in [3.05, 3.63) is 59.7 Å². The minimum atomic E-state index is -0.546. The zero-order valence-electron chi connectivity index (χ0n) is 15.1. The average Bonchev–Trinajstić information content (AvgIpc) is 2.75. The zero-order valence-corrected chi connectivity index (χ0v) is 19.3. The summed E-state index contributed by atoms with van der Waals surface area (Å²) in [5.41, 5.74) is 5.84. The number of rotatable bonds is 1. The monoisotopic (exact) mass is 414 g/mol. The van der Waals surface area contributed by atoms with Crippen LogP contribution in [0.5, 0.6) is 0 Å². The second-order valence-corrected chi connectivity index (χ2v) is 9.54. The van der Waals surface area contributed by atoms with E-state index in [0.29, 0.717) is 5.54 Å². The molecule has 0 fully saturated rings. The van der Waals surface area contributed by atoms with Gasteiger partial charge in [0, 0.05) is 5.54 Å². The van der Waals surface area contributed by atoms with Crippen LogP contribution in [-0.4, -0.2) is 14.5 Å². The first-order valence-corrected chi connectivity index (χ1v) is 10.6. The summed E-state index contributed by atoms with van der Waals surface area (Å²) in [6, 6.07) is 18.1. The van der Waals surface area contributed by atoms with Gasteiger partial charge in [0.15, 0.2) is 0 Å². The first-order valence-electron chi connectivity index (χ1n) is 7.72. The molecule has 129 valence electrons. The number of hydrogen-bond donors (Lipinski definition) is 1. The molecule has 1 nitrogen and oxygen atoms in total. The maximum Gasteiger partial charge on any atom is 3.00 e. The number of hydrogen-bond acceptors (Lipinski definition) is 1. The molecule has 2 aromatic rings. The Hall–Kier alpha value is -0.0888. The standard InChI is InChI=1S/C13H9.C6H17NSi.2ClH.Ti/c1-3-7-12-10(5-1)9-11-6-2-4-8-13(11)12;1-6(2,3)7-8(4)5;;;/h1-5,7-8H,9H2;7-8H,1-5H3;2*1H;/q-1;;;;+3/p-2. The van der Waals surface area contributed by atoms with E-state index in [1.165, 1.54) is 22.3 Å². The Balaban J connectivity index is 0. The van der Waals surface area contributed by atoms with Crippen LogP contribution in [0.25, 0.3) is 11.1 Å². The van der Waals surface area contributed by atoms with Crippen LogP contribution >= 0.6 is 0 Å². The average molecular weight is 415 g/mol. The summed E-state index contributed by atoms with van der Waals surface area (Å²) < 4.78 is 0. The molecule has 0 aliphatic heterocycles. The number of halogens is 2. The molecule has 0 spiro atoms. The van der Waals surface area contributed by atoms with Gasteiger partial charge in [-0.2, -0.15) is 29.8 Å². The number of nitrogens with one attached hydrogen (secondary N) is 1. The van der Waals surface area contributed by atoms with Crippen LogP contribution in [0.2, 0.25) is 13.1 Å². The van der Waals surface area contributed by atoms with Gasteiger partial charge in [-0.15, -0.1) is 5.56 Å². The summed E-state index contributed by atoms with van der Waals surface area (Å²) in [7, 11) is -0.546. The molecular formula is C19H26Cl2NSiTi. The largest absolute Gasteiger partial charge is 3.00 e. The van der Waals surface area contributed by atoms with E-state index < -0.39 is 8.96 Å². The topological polar surface area (TPSA) is 12.0 Å². The third-order valence-corrected chi connectivity index (χ3v) is 4.78. The number of benzene rings is 2. The zero-order chi connectivity index (χ0) is 15.5. The van der Waals surface area contributed by atoms with E-state index in [0.717, 1.165) is 6.42 Å². The van der Waals surface area contributed by atoms with Crippen LogP contribution in [0.15, 0.2) is 42.5 Å². The predicted octanol–water partition coefficient (Wildman–Crippen LogP) is -1.58. The van der Waals surface area contributed by atoms with Crippen LogP contribution < -0.4 is 29.8 Å². The van der Waals surface area contributed by atoms with E-state index in [9.17, 15) is 0 Å².